The zero-order valence-electron chi connectivity index (χ0n) is 8.55. The maximum atomic E-state index is 9.73. The highest BCUT2D eigenvalue weighted by Gasteiger charge is 2.12. The Kier molecular flexibility index (Phi) is 3.78. The molecule has 1 atom stereocenters. The molecule has 0 saturated carbocycles. The van der Waals surface area contributed by atoms with Crippen LogP contribution in [0.25, 0.3) is 0 Å². The molecule has 0 saturated heterocycles. The summed E-state index contributed by atoms with van der Waals surface area (Å²) in [6, 6.07) is 3.77. The molecule has 0 aromatic heterocycles. The molecule has 0 aliphatic rings. The Labute approximate surface area is 89.7 Å². The van der Waals surface area contributed by atoms with Gasteiger partial charge in [-0.05, 0) is 36.1 Å². The van der Waals surface area contributed by atoms with Gasteiger partial charge < -0.3 is 10.8 Å². The van der Waals surface area contributed by atoms with Crippen LogP contribution in [0.4, 0.5) is 0 Å². The molecule has 1 aromatic carbocycles. The van der Waals surface area contributed by atoms with Crippen LogP contribution in [0.1, 0.15) is 30.9 Å². The summed E-state index contributed by atoms with van der Waals surface area (Å²) in [7, 11) is 0. The Bertz CT molecular complexity index is 325. The molecular weight excluding hydrogens is 198 g/mol. The number of halogens is 1. The van der Waals surface area contributed by atoms with E-state index in [1.807, 2.05) is 13.0 Å². The van der Waals surface area contributed by atoms with Crippen molar-refractivity contribution in [3.63, 3.8) is 0 Å². The molecular formula is C11H16ClNO. The first kappa shape index (κ1) is 11.3. The summed E-state index contributed by atoms with van der Waals surface area (Å²) in [5.74, 6) is 0.306. The molecule has 3 heteroatoms. The predicted molar refractivity (Wildman–Crippen MR) is 60.0 cm³/mol. The normalized spacial score (nSPS) is 12.9. The summed E-state index contributed by atoms with van der Waals surface area (Å²) in [6.45, 7) is 4.54. The van der Waals surface area contributed by atoms with Crippen molar-refractivity contribution in [3.05, 3.63) is 28.3 Å². The van der Waals surface area contributed by atoms with Crippen molar-refractivity contribution in [2.45, 2.75) is 26.2 Å². The van der Waals surface area contributed by atoms with Crippen LogP contribution in [0.5, 0.6) is 5.75 Å². The van der Waals surface area contributed by atoms with Crippen LogP contribution in [0.3, 0.4) is 0 Å². The second kappa shape index (κ2) is 4.67. The predicted octanol–water partition coefficient (Wildman–Crippen LogP) is 2.67. The lowest BCUT2D eigenvalue weighted by atomic mass is 9.97. The number of aromatic hydroxyl groups is 1. The number of aryl methyl sites for hydroxylation is 1. The fourth-order valence-electron chi connectivity index (χ4n) is 1.39. The smallest absolute Gasteiger partial charge is 0.137 e. The van der Waals surface area contributed by atoms with Crippen molar-refractivity contribution in [1.82, 2.24) is 0 Å². The van der Waals surface area contributed by atoms with E-state index in [9.17, 15) is 5.11 Å². The number of hydrogen-bond donors (Lipinski definition) is 2. The van der Waals surface area contributed by atoms with E-state index in [1.165, 1.54) is 0 Å². The molecule has 0 fully saturated rings. The maximum absolute atomic E-state index is 9.73. The molecule has 2 nitrogen and oxygen atoms in total. The summed E-state index contributed by atoms with van der Waals surface area (Å²) < 4.78 is 0. The lowest BCUT2D eigenvalue weighted by Crippen LogP contribution is -2.09. The third-order valence-electron chi connectivity index (χ3n) is 2.45. The van der Waals surface area contributed by atoms with Crippen molar-refractivity contribution >= 4 is 11.6 Å². The van der Waals surface area contributed by atoms with Crippen LogP contribution >= 0.6 is 11.6 Å². The SMILES string of the molecule is CCc1cc(Cl)c(O)c(C(C)CN)c1. The molecule has 0 bridgehead atoms. The minimum atomic E-state index is 0.138. The molecule has 1 rings (SSSR count). The van der Waals surface area contributed by atoms with Gasteiger partial charge in [-0.25, -0.2) is 0 Å². The fraction of sp³-hybridized carbons (Fsp3) is 0.455. The van der Waals surface area contributed by atoms with Gasteiger partial charge in [0.25, 0.3) is 0 Å². The topological polar surface area (TPSA) is 46.2 Å². The molecule has 0 heterocycles. The number of phenolic OH excluding ortho intramolecular Hbond substituents is 1. The summed E-state index contributed by atoms with van der Waals surface area (Å²) in [6.07, 6.45) is 0.907. The lowest BCUT2D eigenvalue weighted by Gasteiger charge is -2.13. The van der Waals surface area contributed by atoms with Crippen LogP contribution in [0, 0.1) is 0 Å². The highest BCUT2D eigenvalue weighted by Crippen LogP contribution is 2.33. The molecule has 0 aliphatic carbocycles. The number of rotatable bonds is 3. The molecule has 14 heavy (non-hydrogen) atoms. The molecule has 3 N–H and O–H groups in total. The number of phenols is 1. The Balaban J connectivity index is 3.20. The van der Waals surface area contributed by atoms with Gasteiger partial charge in [-0.1, -0.05) is 31.5 Å². The van der Waals surface area contributed by atoms with Gasteiger partial charge in [-0.2, -0.15) is 0 Å². The van der Waals surface area contributed by atoms with Gasteiger partial charge in [0.2, 0.25) is 0 Å². The molecule has 0 spiro atoms. The van der Waals surface area contributed by atoms with E-state index in [0.29, 0.717) is 11.6 Å². The first-order valence-electron chi connectivity index (χ1n) is 4.81. The minimum absolute atomic E-state index is 0.138. The van der Waals surface area contributed by atoms with E-state index >= 15 is 0 Å². The van der Waals surface area contributed by atoms with Crippen molar-refractivity contribution in [2.75, 3.05) is 6.54 Å². The standard InChI is InChI=1S/C11H16ClNO/c1-3-8-4-9(7(2)6-13)11(14)10(12)5-8/h4-5,7,14H,3,6,13H2,1-2H3. The molecule has 1 aromatic rings. The van der Waals surface area contributed by atoms with E-state index in [1.54, 1.807) is 6.07 Å². The highest BCUT2D eigenvalue weighted by atomic mass is 35.5. The summed E-state index contributed by atoms with van der Waals surface area (Å²) >= 11 is 5.91. The van der Waals surface area contributed by atoms with E-state index in [4.69, 9.17) is 17.3 Å². The second-order valence-corrected chi connectivity index (χ2v) is 3.91. The quantitative estimate of drug-likeness (QED) is 0.811. The Morgan fingerprint density at radius 1 is 1.50 bits per heavy atom. The number of benzene rings is 1. The van der Waals surface area contributed by atoms with E-state index in [0.717, 1.165) is 17.5 Å². The van der Waals surface area contributed by atoms with Gasteiger partial charge in [0.1, 0.15) is 5.75 Å². The van der Waals surface area contributed by atoms with E-state index < -0.39 is 0 Å². The minimum Gasteiger partial charge on any atom is -0.506 e. The molecule has 0 amide bonds. The first-order chi connectivity index (χ1) is 6.60. The van der Waals surface area contributed by atoms with Gasteiger partial charge in [0, 0.05) is 0 Å². The molecule has 1 unspecified atom stereocenters. The summed E-state index contributed by atoms with van der Waals surface area (Å²) in [5.41, 5.74) is 7.53. The first-order valence-corrected chi connectivity index (χ1v) is 5.19. The van der Waals surface area contributed by atoms with Crippen LogP contribution in [-0.2, 0) is 6.42 Å². The monoisotopic (exact) mass is 213 g/mol. The van der Waals surface area contributed by atoms with Gasteiger partial charge in [0.15, 0.2) is 0 Å². The van der Waals surface area contributed by atoms with Crippen molar-refractivity contribution in [2.24, 2.45) is 5.73 Å². The van der Waals surface area contributed by atoms with Gasteiger partial charge >= 0.3 is 0 Å². The largest absolute Gasteiger partial charge is 0.506 e. The number of hydrogen-bond acceptors (Lipinski definition) is 2. The van der Waals surface area contributed by atoms with Crippen molar-refractivity contribution in [3.8, 4) is 5.75 Å². The maximum Gasteiger partial charge on any atom is 0.137 e. The van der Waals surface area contributed by atoms with Gasteiger partial charge in [-0.15, -0.1) is 0 Å². The summed E-state index contributed by atoms with van der Waals surface area (Å²) in [5, 5.41) is 10.1. The van der Waals surface area contributed by atoms with Gasteiger partial charge in [-0.3, -0.25) is 0 Å². The van der Waals surface area contributed by atoms with Crippen LogP contribution in [0.15, 0.2) is 12.1 Å². The Morgan fingerprint density at radius 2 is 2.14 bits per heavy atom. The molecule has 0 radical (unpaired) electrons. The fourth-order valence-corrected chi connectivity index (χ4v) is 1.63. The van der Waals surface area contributed by atoms with Crippen molar-refractivity contribution < 1.29 is 5.11 Å². The molecule has 0 aliphatic heterocycles. The third-order valence-corrected chi connectivity index (χ3v) is 2.73. The Hall–Kier alpha value is -0.730. The third kappa shape index (κ3) is 2.20. The average Bonchev–Trinajstić information content (AvgIpc) is 2.20. The van der Waals surface area contributed by atoms with E-state index in [-0.39, 0.29) is 11.7 Å². The zero-order chi connectivity index (χ0) is 10.7. The Morgan fingerprint density at radius 3 is 2.64 bits per heavy atom. The lowest BCUT2D eigenvalue weighted by molar-refractivity contribution is 0.463. The number of nitrogens with two attached hydrogens (primary N) is 1. The highest BCUT2D eigenvalue weighted by molar-refractivity contribution is 6.32. The van der Waals surface area contributed by atoms with Crippen LogP contribution in [0.2, 0.25) is 5.02 Å². The van der Waals surface area contributed by atoms with Crippen molar-refractivity contribution in [1.29, 1.82) is 0 Å². The zero-order valence-corrected chi connectivity index (χ0v) is 9.30. The van der Waals surface area contributed by atoms with Crippen LogP contribution in [-0.4, -0.2) is 11.7 Å². The second-order valence-electron chi connectivity index (χ2n) is 3.51. The van der Waals surface area contributed by atoms with E-state index in [2.05, 4.69) is 6.92 Å². The molecule has 78 valence electrons. The van der Waals surface area contributed by atoms with Crippen LogP contribution < -0.4 is 5.73 Å². The average molecular weight is 214 g/mol. The van der Waals surface area contributed by atoms with Gasteiger partial charge in [0.05, 0.1) is 5.02 Å². The summed E-state index contributed by atoms with van der Waals surface area (Å²) in [4.78, 5) is 0.